The summed E-state index contributed by atoms with van der Waals surface area (Å²) in [6, 6.07) is 1.88. The van der Waals surface area contributed by atoms with Gasteiger partial charge in [-0.1, -0.05) is 0 Å². The lowest BCUT2D eigenvalue weighted by molar-refractivity contribution is -0.123. The van der Waals surface area contributed by atoms with E-state index in [0.29, 0.717) is 51.3 Å². The molecule has 0 N–H and O–H groups in total. The molecule has 2 amide bonds. The molecule has 148 valence electrons. The summed E-state index contributed by atoms with van der Waals surface area (Å²) < 4.78 is 8.09. The van der Waals surface area contributed by atoms with E-state index >= 15 is 0 Å². The van der Waals surface area contributed by atoms with Crippen molar-refractivity contribution in [3.05, 3.63) is 47.8 Å². The lowest BCUT2D eigenvalue weighted by Crippen LogP contribution is -2.58. The Morgan fingerprint density at radius 3 is 2.54 bits per heavy atom. The smallest absolute Gasteiger partial charge is 0.274 e. The molecule has 4 heterocycles. The van der Waals surface area contributed by atoms with Crippen molar-refractivity contribution in [3.63, 3.8) is 0 Å². The SMILES string of the molecule is Cc1c(C(=O)N2CCOC3(CCN(C(=O)c4cnccn4)CC3)C2)ccn1C. The van der Waals surface area contributed by atoms with Crippen LogP contribution in [0.2, 0.25) is 0 Å². The first-order chi connectivity index (χ1) is 13.5. The van der Waals surface area contributed by atoms with Crippen LogP contribution in [0, 0.1) is 6.92 Å². The van der Waals surface area contributed by atoms with Crippen LogP contribution in [-0.2, 0) is 11.8 Å². The molecule has 2 aromatic rings. The minimum absolute atomic E-state index is 0.0545. The highest BCUT2D eigenvalue weighted by atomic mass is 16.5. The van der Waals surface area contributed by atoms with Crippen molar-refractivity contribution >= 4 is 11.8 Å². The predicted molar refractivity (Wildman–Crippen MR) is 102 cm³/mol. The quantitative estimate of drug-likeness (QED) is 0.780. The summed E-state index contributed by atoms with van der Waals surface area (Å²) in [6.45, 7) is 4.81. The Morgan fingerprint density at radius 1 is 1.11 bits per heavy atom. The Hall–Kier alpha value is -2.74. The molecule has 2 aliphatic rings. The van der Waals surface area contributed by atoms with Crippen LogP contribution in [0.4, 0.5) is 0 Å². The molecular formula is C20H25N5O3. The maximum absolute atomic E-state index is 13.0. The highest BCUT2D eigenvalue weighted by molar-refractivity contribution is 5.95. The summed E-state index contributed by atoms with van der Waals surface area (Å²) >= 11 is 0. The van der Waals surface area contributed by atoms with Gasteiger partial charge in [-0.15, -0.1) is 0 Å². The number of hydrogen-bond acceptors (Lipinski definition) is 5. The summed E-state index contributed by atoms with van der Waals surface area (Å²) in [5, 5.41) is 0. The second-order valence-electron chi connectivity index (χ2n) is 7.57. The number of piperidine rings is 1. The third-order valence-electron chi connectivity index (χ3n) is 5.89. The van der Waals surface area contributed by atoms with E-state index in [-0.39, 0.29) is 17.4 Å². The van der Waals surface area contributed by atoms with Gasteiger partial charge in [0.05, 0.1) is 30.5 Å². The molecule has 2 fully saturated rings. The van der Waals surface area contributed by atoms with Gasteiger partial charge in [-0.2, -0.15) is 0 Å². The standard InChI is InChI=1S/C20H25N5O3/c1-15-16(3-8-23(15)2)18(26)25-11-12-28-20(14-25)4-9-24(10-5-20)19(27)17-13-21-6-7-22-17/h3,6-8,13H,4-5,9-12,14H2,1-2H3. The number of nitrogens with zero attached hydrogens (tertiary/aromatic N) is 5. The summed E-state index contributed by atoms with van der Waals surface area (Å²) in [4.78, 5) is 37.3. The summed E-state index contributed by atoms with van der Waals surface area (Å²) in [5.41, 5.74) is 1.69. The summed E-state index contributed by atoms with van der Waals surface area (Å²) in [6.07, 6.45) is 7.89. The first-order valence-electron chi connectivity index (χ1n) is 9.60. The van der Waals surface area contributed by atoms with E-state index in [1.54, 1.807) is 11.1 Å². The minimum Gasteiger partial charge on any atom is -0.371 e. The average molecular weight is 383 g/mol. The van der Waals surface area contributed by atoms with Crippen molar-refractivity contribution < 1.29 is 14.3 Å². The maximum Gasteiger partial charge on any atom is 0.274 e. The zero-order chi connectivity index (χ0) is 19.7. The molecule has 8 heteroatoms. The highest BCUT2D eigenvalue weighted by Crippen LogP contribution is 2.31. The summed E-state index contributed by atoms with van der Waals surface area (Å²) in [5.74, 6) is -0.0505. The number of morpholine rings is 1. The zero-order valence-electron chi connectivity index (χ0n) is 16.3. The molecule has 0 saturated carbocycles. The fraction of sp³-hybridized carbons (Fsp3) is 0.500. The molecule has 1 spiro atoms. The molecule has 8 nitrogen and oxygen atoms in total. The molecule has 2 aromatic heterocycles. The van der Waals surface area contributed by atoms with Gasteiger partial charge in [-0.05, 0) is 25.8 Å². The number of aromatic nitrogens is 3. The Labute approximate surface area is 164 Å². The molecule has 4 rings (SSSR count). The molecule has 0 atom stereocenters. The van der Waals surface area contributed by atoms with Gasteiger partial charge in [-0.25, -0.2) is 4.98 Å². The van der Waals surface area contributed by atoms with Crippen molar-refractivity contribution in [2.24, 2.45) is 7.05 Å². The average Bonchev–Trinajstić information content (AvgIpc) is 3.07. The van der Waals surface area contributed by atoms with Gasteiger partial charge < -0.3 is 19.1 Å². The number of carbonyl (C=O) groups is 2. The topological polar surface area (TPSA) is 80.6 Å². The monoisotopic (exact) mass is 383 g/mol. The fourth-order valence-electron chi connectivity index (χ4n) is 4.01. The lowest BCUT2D eigenvalue weighted by Gasteiger charge is -2.47. The molecule has 2 aliphatic heterocycles. The van der Waals surface area contributed by atoms with Crippen molar-refractivity contribution in [1.29, 1.82) is 0 Å². The first kappa shape index (κ1) is 18.6. The van der Waals surface area contributed by atoms with Crippen LogP contribution in [0.15, 0.2) is 30.9 Å². The van der Waals surface area contributed by atoms with Crippen LogP contribution < -0.4 is 0 Å². The molecular weight excluding hydrogens is 358 g/mol. The van der Waals surface area contributed by atoms with Gasteiger partial charge in [-0.3, -0.25) is 14.6 Å². The number of ether oxygens (including phenoxy) is 1. The second-order valence-corrected chi connectivity index (χ2v) is 7.57. The molecule has 0 radical (unpaired) electrons. The van der Waals surface area contributed by atoms with E-state index in [4.69, 9.17) is 4.74 Å². The second kappa shape index (κ2) is 7.35. The number of likely N-dealkylation sites (tertiary alicyclic amines) is 1. The van der Waals surface area contributed by atoms with Crippen molar-refractivity contribution in [3.8, 4) is 0 Å². The van der Waals surface area contributed by atoms with E-state index in [1.807, 2.05) is 35.7 Å². The molecule has 2 saturated heterocycles. The number of amides is 2. The predicted octanol–water partition coefficient (Wildman–Crippen LogP) is 1.27. The van der Waals surface area contributed by atoms with Gasteiger partial charge in [0.25, 0.3) is 11.8 Å². The molecule has 28 heavy (non-hydrogen) atoms. The van der Waals surface area contributed by atoms with Crippen LogP contribution in [0.25, 0.3) is 0 Å². The Morgan fingerprint density at radius 2 is 1.89 bits per heavy atom. The van der Waals surface area contributed by atoms with Gasteiger partial charge in [0, 0.05) is 51.0 Å². The van der Waals surface area contributed by atoms with E-state index in [1.165, 1.54) is 12.4 Å². The largest absolute Gasteiger partial charge is 0.371 e. The van der Waals surface area contributed by atoms with Gasteiger partial charge in [0.15, 0.2) is 0 Å². The van der Waals surface area contributed by atoms with Crippen LogP contribution >= 0.6 is 0 Å². The highest BCUT2D eigenvalue weighted by Gasteiger charge is 2.42. The Kier molecular flexibility index (Phi) is 4.89. The van der Waals surface area contributed by atoms with E-state index < -0.39 is 0 Å². The van der Waals surface area contributed by atoms with Crippen LogP contribution in [0.3, 0.4) is 0 Å². The van der Waals surface area contributed by atoms with Gasteiger partial charge in [0.1, 0.15) is 5.69 Å². The third-order valence-corrected chi connectivity index (χ3v) is 5.89. The number of hydrogen-bond donors (Lipinski definition) is 0. The fourth-order valence-corrected chi connectivity index (χ4v) is 4.01. The number of carbonyl (C=O) groups excluding carboxylic acids is 2. The number of aryl methyl sites for hydroxylation is 1. The normalized spacial score (nSPS) is 19.1. The Balaban J connectivity index is 1.42. The third kappa shape index (κ3) is 3.40. The molecule has 0 bridgehead atoms. The zero-order valence-corrected chi connectivity index (χ0v) is 16.3. The van der Waals surface area contributed by atoms with Gasteiger partial charge >= 0.3 is 0 Å². The van der Waals surface area contributed by atoms with E-state index in [9.17, 15) is 9.59 Å². The van der Waals surface area contributed by atoms with Crippen molar-refractivity contribution in [1.82, 2.24) is 24.3 Å². The van der Waals surface area contributed by atoms with Crippen molar-refractivity contribution in [2.45, 2.75) is 25.4 Å². The first-order valence-corrected chi connectivity index (χ1v) is 9.60. The number of rotatable bonds is 2. The minimum atomic E-state index is -0.379. The Bertz CT molecular complexity index is 871. The van der Waals surface area contributed by atoms with Gasteiger partial charge in [0.2, 0.25) is 0 Å². The molecule has 0 aromatic carbocycles. The van der Waals surface area contributed by atoms with Crippen LogP contribution in [0.5, 0.6) is 0 Å². The van der Waals surface area contributed by atoms with Crippen molar-refractivity contribution in [2.75, 3.05) is 32.8 Å². The van der Waals surface area contributed by atoms with Crippen LogP contribution in [-0.4, -0.2) is 74.5 Å². The van der Waals surface area contributed by atoms with E-state index in [2.05, 4.69) is 9.97 Å². The molecule has 0 aliphatic carbocycles. The van der Waals surface area contributed by atoms with Crippen LogP contribution in [0.1, 0.15) is 39.4 Å². The summed E-state index contributed by atoms with van der Waals surface area (Å²) in [7, 11) is 1.94. The maximum atomic E-state index is 13.0. The lowest BCUT2D eigenvalue weighted by atomic mass is 9.89. The van der Waals surface area contributed by atoms with E-state index in [0.717, 1.165) is 11.3 Å². The molecule has 0 unspecified atom stereocenters.